The first-order chi connectivity index (χ1) is 6.98. The fraction of sp³-hybridized carbons (Fsp3) is 1.00. The van der Waals surface area contributed by atoms with Crippen molar-refractivity contribution in [3.63, 3.8) is 0 Å². The zero-order valence-corrected chi connectivity index (χ0v) is 9.74. The molecule has 0 amide bonds. The van der Waals surface area contributed by atoms with Crippen molar-refractivity contribution in [1.82, 2.24) is 5.32 Å². The normalized spacial score (nSPS) is 47.3. The second-order valence-electron chi connectivity index (χ2n) is 4.86. The van der Waals surface area contributed by atoms with Crippen LogP contribution in [0.2, 0.25) is 0 Å². The van der Waals surface area contributed by atoms with Crippen molar-refractivity contribution >= 4 is 7.85 Å². The van der Waals surface area contributed by atoms with E-state index in [1.807, 2.05) is 0 Å². The van der Waals surface area contributed by atoms with Crippen LogP contribution in [0, 0.1) is 0 Å². The van der Waals surface area contributed by atoms with Gasteiger partial charge in [0, 0.05) is 25.8 Å². The van der Waals surface area contributed by atoms with Crippen LogP contribution < -0.4 is 5.32 Å². The molecular weight excluding hydrogens is 193 g/mol. The summed E-state index contributed by atoms with van der Waals surface area (Å²) in [5.41, 5.74) is -0.676. The Bertz CT molecular complexity index is 261. The maximum absolute atomic E-state index is 5.90. The van der Waals surface area contributed by atoms with Crippen LogP contribution in [0.3, 0.4) is 0 Å². The van der Waals surface area contributed by atoms with Gasteiger partial charge in [-0.3, -0.25) is 0 Å². The quantitative estimate of drug-likeness (QED) is 0.648. The molecular formula is C10H18BNO3. The molecule has 0 aliphatic carbocycles. The summed E-state index contributed by atoms with van der Waals surface area (Å²) in [6, 6.07) is -0.279. The fourth-order valence-electron chi connectivity index (χ4n) is 2.89. The highest BCUT2D eigenvalue weighted by atomic mass is 16.6. The number of morpholine rings is 1. The van der Waals surface area contributed by atoms with Gasteiger partial charge in [0.15, 0.2) is 0 Å². The van der Waals surface area contributed by atoms with Gasteiger partial charge in [-0.2, -0.15) is 0 Å². The molecule has 4 nitrogen and oxygen atoms in total. The van der Waals surface area contributed by atoms with Gasteiger partial charge in [0.05, 0.1) is 12.6 Å². The van der Waals surface area contributed by atoms with E-state index in [0.29, 0.717) is 6.61 Å². The van der Waals surface area contributed by atoms with Crippen molar-refractivity contribution in [3.05, 3.63) is 0 Å². The molecule has 0 saturated carbocycles. The molecule has 2 rings (SSSR count). The summed E-state index contributed by atoms with van der Waals surface area (Å²) in [6.07, 6.45) is -0.0533. The molecule has 2 radical (unpaired) electrons. The average Bonchev–Trinajstić information content (AvgIpc) is 2.51. The van der Waals surface area contributed by atoms with Gasteiger partial charge in [0.25, 0.3) is 0 Å². The van der Waals surface area contributed by atoms with Crippen LogP contribution in [0.5, 0.6) is 0 Å². The third-order valence-corrected chi connectivity index (χ3v) is 3.68. The van der Waals surface area contributed by atoms with Gasteiger partial charge in [0.1, 0.15) is 19.6 Å². The minimum absolute atomic E-state index is 0.0418. The lowest BCUT2D eigenvalue weighted by Crippen LogP contribution is -2.62. The van der Waals surface area contributed by atoms with Crippen molar-refractivity contribution in [2.45, 2.75) is 43.1 Å². The second-order valence-corrected chi connectivity index (χ2v) is 4.86. The second kappa shape index (κ2) is 3.45. The number of hydrogen-bond donors (Lipinski definition) is 1. The van der Waals surface area contributed by atoms with E-state index in [0.717, 1.165) is 0 Å². The summed E-state index contributed by atoms with van der Waals surface area (Å²) in [4.78, 5) is 0. The molecule has 1 N–H and O–H groups in total. The van der Waals surface area contributed by atoms with Crippen LogP contribution in [0.1, 0.15) is 13.8 Å². The van der Waals surface area contributed by atoms with Gasteiger partial charge in [0.2, 0.25) is 0 Å². The van der Waals surface area contributed by atoms with Crippen LogP contribution in [0.4, 0.5) is 0 Å². The summed E-state index contributed by atoms with van der Waals surface area (Å²) in [6.45, 7) is 4.66. The monoisotopic (exact) mass is 211 g/mol. The Morgan fingerprint density at radius 2 is 2.07 bits per heavy atom. The minimum Gasteiger partial charge on any atom is -0.382 e. The minimum atomic E-state index is -0.486. The summed E-state index contributed by atoms with van der Waals surface area (Å²) in [7, 11) is 9.25. The lowest BCUT2D eigenvalue weighted by atomic mass is 9.83. The molecule has 0 aromatic rings. The number of hydrogen-bond acceptors (Lipinski definition) is 4. The molecule has 0 aromatic carbocycles. The van der Waals surface area contributed by atoms with Crippen molar-refractivity contribution < 1.29 is 14.2 Å². The molecule has 5 heteroatoms. The Balaban J connectivity index is 2.35. The SMILES string of the molecule is [B][C@@H]1O[C@@]2(COC)C(OC)[C@@H]1NC2(C)C. The van der Waals surface area contributed by atoms with Gasteiger partial charge < -0.3 is 19.5 Å². The molecule has 2 heterocycles. The largest absolute Gasteiger partial charge is 0.382 e. The van der Waals surface area contributed by atoms with Crippen molar-refractivity contribution in [3.8, 4) is 0 Å². The highest BCUT2D eigenvalue weighted by Crippen LogP contribution is 2.46. The molecule has 2 saturated heterocycles. The van der Waals surface area contributed by atoms with Crippen LogP contribution >= 0.6 is 0 Å². The maximum atomic E-state index is 5.90. The zero-order valence-electron chi connectivity index (χ0n) is 9.74. The molecule has 2 aliphatic rings. The molecule has 4 atom stereocenters. The van der Waals surface area contributed by atoms with Gasteiger partial charge >= 0.3 is 0 Å². The molecule has 84 valence electrons. The molecule has 0 aromatic heterocycles. The molecule has 2 aliphatic heterocycles. The molecule has 2 fully saturated rings. The maximum Gasteiger partial charge on any atom is 0.136 e. The van der Waals surface area contributed by atoms with Crippen LogP contribution in [0.25, 0.3) is 0 Å². The van der Waals surface area contributed by atoms with Crippen LogP contribution in [0.15, 0.2) is 0 Å². The number of nitrogens with one attached hydrogen (secondary N) is 1. The highest BCUT2D eigenvalue weighted by molar-refractivity contribution is 6.12. The van der Waals surface area contributed by atoms with E-state index in [9.17, 15) is 0 Å². The predicted molar refractivity (Wildman–Crippen MR) is 57.0 cm³/mol. The van der Waals surface area contributed by atoms with E-state index in [2.05, 4.69) is 19.2 Å². The third-order valence-electron chi connectivity index (χ3n) is 3.68. The molecule has 15 heavy (non-hydrogen) atoms. The zero-order chi connectivity index (χ0) is 11.3. The van der Waals surface area contributed by atoms with Gasteiger partial charge in [-0.05, 0) is 13.8 Å². The Labute approximate surface area is 92.1 Å². The Morgan fingerprint density at radius 3 is 2.60 bits per heavy atom. The van der Waals surface area contributed by atoms with Crippen LogP contribution in [-0.2, 0) is 14.2 Å². The summed E-state index contributed by atoms with van der Waals surface area (Å²) >= 11 is 0. The Morgan fingerprint density at radius 1 is 1.40 bits per heavy atom. The number of ether oxygens (including phenoxy) is 3. The molecule has 0 spiro atoms. The van der Waals surface area contributed by atoms with Gasteiger partial charge in [-0.25, -0.2) is 0 Å². The van der Waals surface area contributed by atoms with E-state index in [-0.39, 0.29) is 23.7 Å². The first-order valence-corrected chi connectivity index (χ1v) is 5.21. The van der Waals surface area contributed by atoms with Crippen molar-refractivity contribution in [2.24, 2.45) is 0 Å². The lowest BCUT2D eigenvalue weighted by molar-refractivity contribution is -0.150. The molecule has 1 unspecified atom stereocenters. The summed E-state index contributed by atoms with van der Waals surface area (Å²) in [5.74, 6) is 0. The number of rotatable bonds is 3. The summed E-state index contributed by atoms with van der Waals surface area (Å²) < 4.78 is 16.6. The van der Waals surface area contributed by atoms with E-state index in [4.69, 9.17) is 22.1 Å². The highest BCUT2D eigenvalue weighted by Gasteiger charge is 2.67. The van der Waals surface area contributed by atoms with E-state index in [1.54, 1.807) is 14.2 Å². The standard InChI is InChI=1S/C10H18BNO3/c1-9(2)10(5-13-3)7(14-4)6(12-9)8(11)15-10/h6-8,12H,5H2,1-4H3/t6-,7?,8+,10-/m0/s1. The fourth-order valence-corrected chi connectivity index (χ4v) is 2.89. The van der Waals surface area contributed by atoms with E-state index >= 15 is 0 Å². The average molecular weight is 211 g/mol. The lowest BCUT2D eigenvalue weighted by Gasteiger charge is -2.43. The number of methoxy groups -OCH3 is 2. The smallest absolute Gasteiger partial charge is 0.136 e. The topological polar surface area (TPSA) is 39.7 Å². The number of fused-ring (bicyclic) bond motifs is 2. The Hall–Kier alpha value is -0.0951. The van der Waals surface area contributed by atoms with Crippen molar-refractivity contribution in [2.75, 3.05) is 20.8 Å². The van der Waals surface area contributed by atoms with Crippen LogP contribution in [-0.4, -0.2) is 58.0 Å². The van der Waals surface area contributed by atoms with E-state index in [1.165, 1.54) is 0 Å². The van der Waals surface area contributed by atoms with Gasteiger partial charge in [-0.15, -0.1) is 0 Å². The van der Waals surface area contributed by atoms with Gasteiger partial charge in [-0.1, -0.05) is 0 Å². The van der Waals surface area contributed by atoms with Crippen molar-refractivity contribution in [1.29, 1.82) is 0 Å². The van der Waals surface area contributed by atoms with E-state index < -0.39 is 5.60 Å². The Kier molecular flexibility index (Phi) is 2.62. The summed E-state index contributed by atoms with van der Waals surface area (Å²) in [5, 5.41) is 3.45. The predicted octanol–water partition coefficient (Wildman–Crippen LogP) is -0.338. The first-order valence-electron chi connectivity index (χ1n) is 5.21. The third kappa shape index (κ3) is 1.30. The molecule has 2 bridgehead atoms. The first kappa shape index (κ1) is 11.4.